The molecule has 0 atom stereocenters. The van der Waals surface area contributed by atoms with E-state index < -0.39 is 0 Å². The van der Waals surface area contributed by atoms with Crippen LogP contribution in [-0.2, 0) is 12.8 Å². The number of hydrogen-bond donors (Lipinski definition) is 1. The first kappa shape index (κ1) is 16.3. The number of rotatable bonds is 5. The Kier molecular flexibility index (Phi) is 4.72. The van der Waals surface area contributed by atoms with Gasteiger partial charge in [-0.25, -0.2) is 9.97 Å². The van der Waals surface area contributed by atoms with Crippen molar-refractivity contribution in [2.24, 2.45) is 0 Å². The lowest BCUT2D eigenvalue weighted by atomic mass is 10.0. The largest absolute Gasteiger partial charge is 0.367 e. The zero-order valence-electron chi connectivity index (χ0n) is 14.9. The molecule has 0 saturated carbocycles. The topological polar surface area (TPSA) is 41.0 Å². The minimum absolute atomic E-state index is 0.553. The third-order valence-electron chi connectivity index (χ3n) is 5.43. The standard InChI is InChI=1S/C19H28N4S/c1-3-4-10-23-11-8-14(9-12-23)22-18-17-15-6-5-7-16(15)24-19(17)21-13(2)20-18/h14H,3-12H2,1-2H3,(H,20,21,22). The molecule has 1 N–H and O–H groups in total. The van der Waals surface area contributed by atoms with Gasteiger partial charge in [-0.15, -0.1) is 11.3 Å². The summed E-state index contributed by atoms with van der Waals surface area (Å²) < 4.78 is 0. The molecule has 1 aliphatic heterocycles. The van der Waals surface area contributed by atoms with Crippen LogP contribution >= 0.6 is 11.3 Å². The van der Waals surface area contributed by atoms with Crippen LogP contribution in [0.15, 0.2) is 0 Å². The smallest absolute Gasteiger partial charge is 0.139 e. The number of anilines is 1. The highest BCUT2D eigenvalue weighted by Crippen LogP contribution is 2.39. The van der Waals surface area contributed by atoms with Crippen LogP contribution in [0.5, 0.6) is 0 Å². The van der Waals surface area contributed by atoms with E-state index in [1.165, 1.54) is 80.4 Å². The van der Waals surface area contributed by atoms with Gasteiger partial charge in [0, 0.05) is 24.0 Å². The molecule has 2 aliphatic rings. The van der Waals surface area contributed by atoms with E-state index in [1.807, 2.05) is 18.3 Å². The Morgan fingerprint density at radius 1 is 1.21 bits per heavy atom. The summed E-state index contributed by atoms with van der Waals surface area (Å²) in [4.78, 5) is 14.8. The second-order valence-electron chi connectivity index (χ2n) is 7.27. The Morgan fingerprint density at radius 2 is 2.04 bits per heavy atom. The van der Waals surface area contributed by atoms with Crippen LogP contribution in [0, 0.1) is 6.92 Å². The monoisotopic (exact) mass is 344 g/mol. The molecule has 0 amide bonds. The molecule has 24 heavy (non-hydrogen) atoms. The minimum Gasteiger partial charge on any atom is -0.367 e. The lowest BCUT2D eigenvalue weighted by molar-refractivity contribution is 0.216. The normalized spacial score (nSPS) is 19.1. The van der Waals surface area contributed by atoms with Crippen molar-refractivity contribution >= 4 is 27.4 Å². The molecule has 2 aromatic heterocycles. The molecule has 0 aromatic carbocycles. The van der Waals surface area contributed by atoms with Crippen molar-refractivity contribution in [3.63, 3.8) is 0 Å². The summed E-state index contributed by atoms with van der Waals surface area (Å²) in [6, 6.07) is 0.553. The number of fused-ring (bicyclic) bond motifs is 3. The molecule has 0 unspecified atom stereocenters. The van der Waals surface area contributed by atoms with Gasteiger partial charge in [-0.2, -0.15) is 0 Å². The molecular formula is C19H28N4S. The molecule has 3 heterocycles. The van der Waals surface area contributed by atoms with E-state index in [4.69, 9.17) is 9.97 Å². The molecule has 4 rings (SSSR count). The summed E-state index contributed by atoms with van der Waals surface area (Å²) in [6.07, 6.45) is 8.78. The molecule has 5 heteroatoms. The van der Waals surface area contributed by atoms with Gasteiger partial charge in [-0.1, -0.05) is 13.3 Å². The number of nitrogens with one attached hydrogen (secondary N) is 1. The average molecular weight is 345 g/mol. The second kappa shape index (κ2) is 6.96. The Hall–Kier alpha value is -1.20. The van der Waals surface area contributed by atoms with Crippen molar-refractivity contribution in [2.75, 3.05) is 25.0 Å². The van der Waals surface area contributed by atoms with Crippen LogP contribution in [0.1, 0.15) is 55.3 Å². The molecule has 2 aromatic rings. The van der Waals surface area contributed by atoms with E-state index in [9.17, 15) is 0 Å². The number of nitrogens with zero attached hydrogens (tertiary/aromatic N) is 3. The minimum atomic E-state index is 0.553. The van der Waals surface area contributed by atoms with E-state index in [0.717, 1.165) is 11.6 Å². The van der Waals surface area contributed by atoms with Gasteiger partial charge in [0.25, 0.3) is 0 Å². The van der Waals surface area contributed by atoms with Gasteiger partial charge in [0.1, 0.15) is 16.5 Å². The molecule has 0 spiro atoms. The first-order valence-corrected chi connectivity index (χ1v) is 10.3. The zero-order chi connectivity index (χ0) is 16.5. The van der Waals surface area contributed by atoms with Crippen molar-refractivity contribution < 1.29 is 0 Å². The Balaban J connectivity index is 1.51. The predicted octanol–water partition coefficient (Wildman–Crippen LogP) is 4.16. The number of aryl methyl sites for hydroxylation is 3. The van der Waals surface area contributed by atoms with Crippen molar-refractivity contribution in [1.29, 1.82) is 0 Å². The molecule has 0 bridgehead atoms. The number of unbranched alkanes of at least 4 members (excludes halogenated alkanes) is 1. The van der Waals surface area contributed by atoms with Crippen LogP contribution in [0.25, 0.3) is 10.2 Å². The zero-order valence-corrected chi connectivity index (χ0v) is 15.7. The third kappa shape index (κ3) is 3.16. The molecule has 130 valence electrons. The van der Waals surface area contributed by atoms with Gasteiger partial charge in [-0.3, -0.25) is 0 Å². The lowest BCUT2D eigenvalue weighted by Gasteiger charge is -2.32. The summed E-state index contributed by atoms with van der Waals surface area (Å²) in [7, 11) is 0. The van der Waals surface area contributed by atoms with E-state index in [2.05, 4.69) is 17.1 Å². The lowest BCUT2D eigenvalue weighted by Crippen LogP contribution is -2.39. The number of thiophene rings is 1. The maximum atomic E-state index is 4.78. The van der Waals surface area contributed by atoms with Crippen molar-refractivity contribution in [3.8, 4) is 0 Å². The SMILES string of the molecule is CCCCN1CCC(Nc2nc(C)nc3sc4c(c23)CCC4)CC1. The van der Waals surface area contributed by atoms with Gasteiger partial charge < -0.3 is 10.2 Å². The van der Waals surface area contributed by atoms with Gasteiger partial charge >= 0.3 is 0 Å². The highest BCUT2D eigenvalue weighted by atomic mass is 32.1. The van der Waals surface area contributed by atoms with Gasteiger partial charge in [0.15, 0.2) is 0 Å². The highest BCUT2D eigenvalue weighted by Gasteiger charge is 2.24. The van der Waals surface area contributed by atoms with Crippen LogP contribution < -0.4 is 5.32 Å². The Bertz CT molecular complexity index is 716. The summed E-state index contributed by atoms with van der Waals surface area (Å²) in [5.41, 5.74) is 1.53. The maximum absolute atomic E-state index is 4.78. The molecule has 0 radical (unpaired) electrons. The quantitative estimate of drug-likeness (QED) is 0.884. The second-order valence-corrected chi connectivity index (χ2v) is 8.35. The van der Waals surface area contributed by atoms with Gasteiger partial charge in [0.05, 0.1) is 5.39 Å². The fraction of sp³-hybridized carbons (Fsp3) is 0.684. The van der Waals surface area contributed by atoms with Crippen molar-refractivity contribution in [1.82, 2.24) is 14.9 Å². The summed E-state index contributed by atoms with van der Waals surface area (Å²) in [5, 5.41) is 5.11. The fourth-order valence-corrected chi connectivity index (χ4v) is 5.39. The van der Waals surface area contributed by atoms with Gasteiger partial charge in [0.2, 0.25) is 0 Å². The van der Waals surface area contributed by atoms with Crippen LogP contribution in [0.2, 0.25) is 0 Å². The van der Waals surface area contributed by atoms with Crippen LogP contribution in [0.3, 0.4) is 0 Å². The van der Waals surface area contributed by atoms with Crippen molar-refractivity contribution in [3.05, 3.63) is 16.3 Å². The molecule has 1 saturated heterocycles. The van der Waals surface area contributed by atoms with E-state index in [0.29, 0.717) is 6.04 Å². The van der Waals surface area contributed by atoms with Crippen molar-refractivity contribution in [2.45, 2.75) is 64.8 Å². The number of piperidine rings is 1. The maximum Gasteiger partial charge on any atom is 0.139 e. The van der Waals surface area contributed by atoms with E-state index in [1.54, 1.807) is 4.88 Å². The summed E-state index contributed by atoms with van der Waals surface area (Å²) in [5.74, 6) is 1.99. The predicted molar refractivity (Wildman–Crippen MR) is 102 cm³/mol. The summed E-state index contributed by atoms with van der Waals surface area (Å²) >= 11 is 1.89. The number of hydrogen-bond acceptors (Lipinski definition) is 5. The van der Waals surface area contributed by atoms with E-state index in [-0.39, 0.29) is 0 Å². The first-order valence-electron chi connectivity index (χ1n) is 9.52. The Morgan fingerprint density at radius 3 is 2.83 bits per heavy atom. The summed E-state index contributed by atoms with van der Waals surface area (Å²) in [6.45, 7) is 7.98. The fourth-order valence-electron chi connectivity index (χ4n) is 4.08. The molecule has 4 nitrogen and oxygen atoms in total. The van der Waals surface area contributed by atoms with Gasteiger partial charge in [-0.05, 0) is 57.6 Å². The Labute approximate surface area is 148 Å². The third-order valence-corrected chi connectivity index (χ3v) is 6.62. The number of likely N-dealkylation sites (tertiary alicyclic amines) is 1. The molecule has 1 aliphatic carbocycles. The van der Waals surface area contributed by atoms with E-state index >= 15 is 0 Å². The van der Waals surface area contributed by atoms with Crippen LogP contribution in [-0.4, -0.2) is 40.5 Å². The average Bonchev–Trinajstić information content (AvgIpc) is 3.14. The van der Waals surface area contributed by atoms with Crippen LogP contribution in [0.4, 0.5) is 5.82 Å². The molecular weight excluding hydrogens is 316 g/mol. The first-order chi connectivity index (χ1) is 11.7. The highest BCUT2D eigenvalue weighted by molar-refractivity contribution is 7.19. The number of aromatic nitrogens is 2. The molecule has 1 fully saturated rings.